The molecule has 0 saturated carbocycles. The van der Waals surface area contributed by atoms with Crippen LogP contribution in [0.1, 0.15) is 12.0 Å². The minimum atomic E-state index is 0.0971. The van der Waals surface area contributed by atoms with Crippen LogP contribution in [0.4, 0.5) is 5.69 Å². The van der Waals surface area contributed by atoms with Crippen molar-refractivity contribution >= 4 is 17.0 Å². The molecule has 0 saturated heterocycles. The van der Waals surface area contributed by atoms with E-state index in [1.54, 1.807) is 0 Å². The summed E-state index contributed by atoms with van der Waals surface area (Å²) in [7, 11) is 0. The van der Waals surface area contributed by atoms with Crippen molar-refractivity contribution in [3.63, 3.8) is 0 Å². The van der Waals surface area contributed by atoms with Crippen LogP contribution in [0, 0.1) is 0 Å². The molecule has 3 aromatic rings. The lowest BCUT2D eigenvalue weighted by atomic mass is 10.1. The van der Waals surface area contributed by atoms with Gasteiger partial charge in [-0.05, 0) is 36.1 Å². The first-order valence-electron chi connectivity index (χ1n) is 7.32. The molecule has 0 unspecified atom stereocenters. The Bertz CT molecular complexity index is 788. The van der Waals surface area contributed by atoms with Crippen LogP contribution in [0.2, 0.25) is 0 Å². The van der Waals surface area contributed by atoms with Gasteiger partial charge in [-0.1, -0.05) is 53.8 Å². The maximum absolute atomic E-state index is 12.1. The van der Waals surface area contributed by atoms with Gasteiger partial charge in [0.2, 0.25) is 0 Å². The number of thiazole rings is 1. The fraction of sp³-hybridized carbons (Fsp3) is 0.167. The molecule has 2 aromatic carbocycles. The summed E-state index contributed by atoms with van der Waals surface area (Å²) in [5, 5.41) is 1.93. The number of hydrogen-bond acceptors (Lipinski definition) is 3. The van der Waals surface area contributed by atoms with Crippen molar-refractivity contribution in [3.05, 3.63) is 75.2 Å². The van der Waals surface area contributed by atoms with Crippen molar-refractivity contribution in [1.82, 2.24) is 4.57 Å². The Labute approximate surface area is 133 Å². The van der Waals surface area contributed by atoms with Crippen LogP contribution >= 0.6 is 11.3 Å². The summed E-state index contributed by atoms with van der Waals surface area (Å²) >= 11 is 1.25. The number of benzene rings is 2. The zero-order valence-electron chi connectivity index (χ0n) is 12.2. The lowest BCUT2D eigenvalue weighted by molar-refractivity contribution is 0.639. The van der Waals surface area contributed by atoms with Crippen molar-refractivity contribution < 1.29 is 0 Å². The number of aromatic nitrogens is 1. The first-order valence-corrected chi connectivity index (χ1v) is 8.20. The van der Waals surface area contributed by atoms with Gasteiger partial charge >= 0.3 is 4.87 Å². The topological polar surface area (TPSA) is 48.0 Å². The Morgan fingerprint density at radius 2 is 1.73 bits per heavy atom. The molecule has 3 nitrogen and oxygen atoms in total. The highest BCUT2D eigenvalue weighted by Gasteiger charge is 2.08. The molecule has 0 amide bonds. The predicted molar refractivity (Wildman–Crippen MR) is 93.2 cm³/mol. The molecule has 0 aliphatic carbocycles. The van der Waals surface area contributed by atoms with Crippen LogP contribution in [0.3, 0.4) is 0 Å². The molecule has 0 spiro atoms. The van der Waals surface area contributed by atoms with E-state index in [9.17, 15) is 4.79 Å². The summed E-state index contributed by atoms with van der Waals surface area (Å²) in [6.45, 7) is 0.733. The van der Waals surface area contributed by atoms with Crippen molar-refractivity contribution in [2.75, 3.05) is 5.73 Å². The van der Waals surface area contributed by atoms with E-state index in [-0.39, 0.29) is 4.87 Å². The largest absolute Gasteiger partial charge is 0.399 e. The van der Waals surface area contributed by atoms with E-state index in [0.717, 1.165) is 36.3 Å². The van der Waals surface area contributed by atoms with Gasteiger partial charge in [-0.15, -0.1) is 0 Å². The van der Waals surface area contributed by atoms with E-state index >= 15 is 0 Å². The summed E-state index contributed by atoms with van der Waals surface area (Å²) in [5.41, 5.74) is 9.77. The maximum atomic E-state index is 12.1. The third-order valence-electron chi connectivity index (χ3n) is 3.68. The van der Waals surface area contributed by atoms with Crippen LogP contribution in [0.25, 0.3) is 11.3 Å². The predicted octanol–water partition coefficient (Wildman–Crippen LogP) is 3.79. The van der Waals surface area contributed by atoms with Crippen molar-refractivity contribution in [2.45, 2.75) is 19.4 Å². The van der Waals surface area contributed by atoms with Crippen molar-refractivity contribution in [2.24, 2.45) is 0 Å². The number of nitrogens with zero attached hydrogens (tertiary/aromatic N) is 1. The second kappa shape index (κ2) is 6.62. The highest BCUT2D eigenvalue weighted by molar-refractivity contribution is 7.07. The number of hydrogen-bond donors (Lipinski definition) is 1. The van der Waals surface area contributed by atoms with Crippen molar-refractivity contribution in [3.8, 4) is 11.3 Å². The van der Waals surface area contributed by atoms with E-state index in [4.69, 9.17) is 5.73 Å². The second-order valence-corrected chi connectivity index (χ2v) is 6.07. The quantitative estimate of drug-likeness (QED) is 0.729. The van der Waals surface area contributed by atoms with Gasteiger partial charge in [-0.2, -0.15) is 0 Å². The zero-order valence-corrected chi connectivity index (χ0v) is 13.1. The van der Waals surface area contributed by atoms with Gasteiger partial charge in [-0.25, -0.2) is 0 Å². The number of nitrogen functional groups attached to an aromatic ring is 1. The molecule has 22 heavy (non-hydrogen) atoms. The summed E-state index contributed by atoms with van der Waals surface area (Å²) in [4.78, 5) is 12.2. The summed E-state index contributed by atoms with van der Waals surface area (Å²) in [6, 6.07) is 18.0. The molecule has 112 valence electrons. The number of nitrogens with two attached hydrogens (primary N) is 1. The lowest BCUT2D eigenvalue weighted by Crippen LogP contribution is -2.14. The van der Waals surface area contributed by atoms with Gasteiger partial charge in [-0.3, -0.25) is 9.36 Å². The first-order chi connectivity index (χ1) is 10.7. The Morgan fingerprint density at radius 3 is 2.45 bits per heavy atom. The van der Waals surface area contributed by atoms with Crippen LogP contribution in [-0.2, 0) is 13.0 Å². The molecule has 3 rings (SSSR count). The monoisotopic (exact) mass is 310 g/mol. The van der Waals surface area contributed by atoms with Gasteiger partial charge in [0.1, 0.15) is 0 Å². The van der Waals surface area contributed by atoms with Gasteiger partial charge in [0, 0.05) is 17.6 Å². The molecule has 0 fully saturated rings. The molecule has 0 aliphatic rings. The molecule has 1 heterocycles. The Balaban J connectivity index is 1.75. The Morgan fingerprint density at radius 1 is 1.00 bits per heavy atom. The van der Waals surface area contributed by atoms with E-state index < -0.39 is 0 Å². The summed E-state index contributed by atoms with van der Waals surface area (Å²) in [5.74, 6) is 0. The molecule has 0 aliphatic heterocycles. The van der Waals surface area contributed by atoms with E-state index in [2.05, 4.69) is 12.1 Å². The molecular formula is C18H18N2OS. The van der Waals surface area contributed by atoms with Gasteiger partial charge in [0.25, 0.3) is 0 Å². The highest BCUT2D eigenvalue weighted by atomic mass is 32.1. The number of anilines is 1. The average molecular weight is 310 g/mol. The molecule has 2 N–H and O–H groups in total. The Hall–Kier alpha value is -2.33. The van der Waals surface area contributed by atoms with Gasteiger partial charge in [0.15, 0.2) is 0 Å². The third-order valence-corrected chi connectivity index (χ3v) is 4.44. The minimum Gasteiger partial charge on any atom is -0.399 e. The third kappa shape index (κ3) is 3.28. The second-order valence-electron chi connectivity index (χ2n) is 5.25. The maximum Gasteiger partial charge on any atom is 0.307 e. The van der Waals surface area contributed by atoms with Crippen LogP contribution in [-0.4, -0.2) is 4.57 Å². The zero-order chi connectivity index (χ0) is 15.4. The van der Waals surface area contributed by atoms with E-state index in [1.807, 2.05) is 52.4 Å². The van der Waals surface area contributed by atoms with E-state index in [1.165, 1.54) is 16.9 Å². The van der Waals surface area contributed by atoms with Crippen LogP contribution < -0.4 is 10.6 Å². The SMILES string of the molecule is Nc1ccc(-c2csc(=O)n2CCCc2ccccc2)cc1. The average Bonchev–Trinajstić information content (AvgIpc) is 2.90. The molecule has 0 atom stereocenters. The number of aryl methyl sites for hydroxylation is 1. The van der Waals surface area contributed by atoms with Crippen LogP contribution in [0.15, 0.2) is 64.8 Å². The minimum absolute atomic E-state index is 0.0971. The molecule has 0 bridgehead atoms. The standard InChI is InChI=1S/C18H18N2OS/c19-16-10-8-15(9-11-16)17-13-22-18(21)20(17)12-4-7-14-5-2-1-3-6-14/h1-3,5-6,8-11,13H,4,7,12,19H2. The normalized spacial score (nSPS) is 10.7. The number of rotatable bonds is 5. The molecular weight excluding hydrogens is 292 g/mol. The Kier molecular flexibility index (Phi) is 4.39. The molecule has 4 heteroatoms. The van der Waals surface area contributed by atoms with Crippen molar-refractivity contribution in [1.29, 1.82) is 0 Å². The smallest absolute Gasteiger partial charge is 0.307 e. The first kappa shape index (κ1) is 14.6. The fourth-order valence-corrected chi connectivity index (χ4v) is 3.30. The highest BCUT2D eigenvalue weighted by Crippen LogP contribution is 2.21. The van der Waals surface area contributed by atoms with Crippen LogP contribution in [0.5, 0.6) is 0 Å². The van der Waals surface area contributed by atoms with E-state index in [0.29, 0.717) is 0 Å². The summed E-state index contributed by atoms with van der Waals surface area (Å²) < 4.78 is 1.86. The molecule has 0 radical (unpaired) electrons. The molecule has 1 aromatic heterocycles. The summed E-state index contributed by atoms with van der Waals surface area (Å²) in [6.07, 6.45) is 1.92. The van der Waals surface area contributed by atoms with Gasteiger partial charge in [0.05, 0.1) is 5.69 Å². The van der Waals surface area contributed by atoms with Gasteiger partial charge < -0.3 is 5.73 Å². The fourth-order valence-electron chi connectivity index (χ4n) is 2.51. The lowest BCUT2D eigenvalue weighted by Gasteiger charge is -2.08.